The molecule has 0 saturated carbocycles. The first-order valence-electron chi connectivity index (χ1n) is 19.8. The van der Waals surface area contributed by atoms with Crippen LogP contribution in [0.4, 0.5) is 0 Å². The summed E-state index contributed by atoms with van der Waals surface area (Å²) in [5.41, 5.74) is 1.34. The van der Waals surface area contributed by atoms with Crippen molar-refractivity contribution >= 4 is 50.7 Å². The number of halogens is 1. The van der Waals surface area contributed by atoms with E-state index in [1.54, 1.807) is 41.1 Å². The van der Waals surface area contributed by atoms with Gasteiger partial charge in [-0.05, 0) is 42.5 Å². The molecule has 1 aromatic heterocycles. The first-order valence-corrected chi connectivity index (χ1v) is 20.7. The number of aliphatic hydroxyl groups is 1. The molecule has 3 aromatic carbocycles. The second-order valence-corrected chi connectivity index (χ2v) is 16.4. The zero-order chi connectivity index (χ0) is 41.7. The van der Waals surface area contributed by atoms with Gasteiger partial charge in [0.25, 0.3) is 0 Å². The molecule has 7 rings (SSSR count). The van der Waals surface area contributed by atoms with Gasteiger partial charge in [0, 0.05) is 24.9 Å². The molecule has 15 heteroatoms. The fourth-order valence-electron chi connectivity index (χ4n) is 9.00. The Bertz CT molecular complexity index is 2150. The number of alkyl halides is 1. The van der Waals surface area contributed by atoms with Crippen molar-refractivity contribution in [3.63, 3.8) is 0 Å². The lowest BCUT2D eigenvalue weighted by molar-refractivity contribution is -0.163. The summed E-state index contributed by atoms with van der Waals surface area (Å²) in [6.07, 6.45) is 2.51. The lowest BCUT2D eigenvalue weighted by Gasteiger charge is -2.39. The van der Waals surface area contributed by atoms with Crippen LogP contribution in [0.1, 0.15) is 36.5 Å². The standard InChI is InChI=1S/C44H49BrN6O8/c1-4-6-21-35(53)46-33(26-57-3)38(29-17-11-8-12-18-29)58-43(56)36-37-41(54)51(30(25-52)23-28-15-9-7-10-16-28)40(44(37)24-31(45)39(36)59-44)42(55)49(22-5-2)27-50-34-20-14-13-19-32(34)47-48-50/h4-5,7-20,30-31,33,36-40,52H,1-2,6,21-27H2,3H3,(H,46,53)/t30-,31?,33+,36+,37-,38+,39+,40+,44-/m1/s1. The molecule has 0 radical (unpaired) electrons. The maximum atomic E-state index is 15.3. The van der Waals surface area contributed by atoms with Gasteiger partial charge < -0.3 is 34.4 Å². The molecule has 310 valence electrons. The fourth-order valence-corrected chi connectivity index (χ4v) is 9.94. The summed E-state index contributed by atoms with van der Waals surface area (Å²) >= 11 is 3.76. The van der Waals surface area contributed by atoms with E-state index in [0.29, 0.717) is 23.0 Å². The predicted octanol–water partition coefficient (Wildman–Crippen LogP) is 4.14. The minimum absolute atomic E-state index is 0.0159. The Kier molecular flexibility index (Phi) is 13.0. The van der Waals surface area contributed by atoms with Crippen molar-refractivity contribution in [1.29, 1.82) is 0 Å². The van der Waals surface area contributed by atoms with Crippen LogP contribution in [0, 0.1) is 11.8 Å². The van der Waals surface area contributed by atoms with E-state index in [1.807, 2.05) is 60.7 Å². The van der Waals surface area contributed by atoms with E-state index in [9.17, 15) is 14.7 Å². The maximum Gasteiger partial charge on any atom is 0.313 e. The Morgan fingerprint density at radius 2 is 1.78 bits per heavy atom. The molecule has 4 heterocycles. The molecule has 59 heavy (non-hydrogen) atoms. The third-order valence-electron chi connectivity index (χ3n) is 11.5. The SMILES string of the molecule is C=CCCC(=O)N[C@@H](COC)[C@@H](OC(=O)[C@@H]1[C@H]2O[C@@]3(CC2Br)[C@H](C(=O)N(CC=C)Cn2nnc4ccccc42)N([C@@H](CO)Cc2ccccc2)C(=O)[C@@H]13)c1ccccc1. The molecular formula is C44H49BrN6O8. The summed E-state index contributed by atoms with van der Waals surface area (Å²) < 4.78 is 20.4. The number of hydrogen-bond acceptors (Lipinski definition) is 10. The van der Waals surface area contributed by atoms with Gasteiger partial charge in [-0.1, -0.05) is 106 Å². The van der Waals surface area contributed by atoms with Crippen LogP contribution < -0.4 is 5.32 Å². The highest BCUT2D eigenvalue weighted by molar-refractivity contribution is 9.09. The van der Waals surface area contributed by atoms with Gasteiger partial charge >= 0.3 is 5.97 Å². The second-order valence-electron chi connectivity index (χ2n) is 15.2. The van der Waals surface area contributed by atoms with E-state index in [1.165, 1.54) is 16.9 Å². The van der Waals surface area contributed by atoms with E-state index in [2.05, 4.69) is 44.7 Å². The summed E-state index contributed by atoms with van der Waals surface area (Å²) in [7, 11) is 1.49. The van der Waals surface area contributed by atoms with Crippen molar-refractivity contribution in [3.8, 4) is 0 Å². The summed E-state index contributed by atoms with van der Waals surface area (Å²) in [4.78, 5) is 61.0. The van der Waals surface area contributed by atoms with Gasteiger partial charge in [-0.15, -0.1) is 18.3 Å². The molecule has 3 amide bonds. The number of ether oxygens (including phenoxy) is 3. The lowest BCUT2D eigenvalue weighted by Crippen LogP contribution is -2.59. The van der Waals surface area contributed by atoms with Crippen molar-refractivity contribution in [3.05, 3.63) is 121 Å². The Labute approximate surface area is 351 Å². The number of allylic oxidation sites excluding steroid dienone is 1. The summed E-state index contributed by atoms with van der Waals surface area (Å²) in [5, 5.41) is 22.6. The van der Waals surface area contributed by atoms with Crippen LogP contribution in [-0.4, -0.2) is 115 Å². The molecule has 2 N–H and O–H groups in total. The number of rotatable bonds is 19. The van der Waals surface area contributed by atoms with E-state index in [4.69, 9.17) is 14.2 Å². The van der Waals surface area contributed by atoms with Crippen LogP contribution in [0.15, 0.2) is 110 Å². The first kappa shape index (κ1) is 41.9. The van der Waals surface area contributed by atoms with Crippen molar-refractivity contribution in [1.82, 2.24) is 30.1 Å². The molecule has 3 aliphatic rings. The number of carbonyl (C=O) groups is 4. The number of fused-ring (bicyclic) bond motifs is 2. The fraction of sp³-hybridized carbons (Fsp3) is 0.409. The average Bonchev–Trinajstić information content (AvgIpc) is 3.98. The molecule has 2 bridgehead atoms. The Morgan fingerprint density at radius 3 is 2.47 bits per heavy atom. The Hall–Kier alpha value is -5.22. The van der Waals surface area contributed by atoms with Gasteiger partial charge in [0.05, 0.1) is 48.8 Å². The third-order valence-corrected chi connectivity index (χ3v) is 12.4. The summed E-state index contributed by atoms with van der Waals surface area (Å²) in [6.45, 7) is 7.26. The average molecular weight is 870 g/mol. The van der Waals surface area contributed by atoms with Crippen LogP contribution in [0.2, 0.25) is 0 Å². The van der Waals surface area contributed by atoms with Crippen LogP contribution in [-0.2, 0) is 46.5 Å². The number of nitrogens with one attached hydrogen (secondary N) is 1. The van der Waals surface area contributed by atoms with Gasteiger partial charge in [-0.3, -0.25) is 19.2 Å². The number of likely N-dealkylation sites (tertiary alicyclic amines) is 1. The maximum absolute atomic E-state index is 15.3. The van der Waals surface area contributed by atoms with Crippen LogP contribution in [0.3, 0.4) is 0 Å². The zero-order valence-corrected chi connectivity index (χ0v) is 34.4. The molecule has 3 aliphatic heterocycles. The predicted molar refractivity (Wildman–Crippen MR) is 222 cm³/mol. The molecular weight excluding hydrogens is 820 g/mol. The highest BCUT2D eigenvalue weighted by atomic mass is 79.9. The number of methoxy groups -OCH3 is 1. The highest BCUT2D eigenvalue weighted by Crippen LogP contribution is 2.61. The van der Waals surface area contributed by atoms with Crippen molar-refractivity contribution in [2.45, 2.75) is 73.1 Å². The minimum atomic E-state index is -1.47. The molecule has 9 atom stereocenters. The number of esters is 1. The highest BCUT2D eigenvalue weighted by Gasteiger charge is 2.77. The molecule has 4 aromatic rings. The topological polar surface area (TPSA) is 165 Å². The number of carbonyl (C=O) groups excluding carboxylic acids is 4. The molecule has 14 nitrogen and oxygen atoms in total. The van der Waals surface area contributed by atoms with Crippen molar-refractivity contribution in [2.75, 3.05) is 26.9 Å². The lowest BCUT2D eigenvalue weighted by atomic mass is 9.70. The quantitative estimate of drug-likeness (QED) is 0.0796. The van der Waals surface area contributed by atoms with Gasteiger partial charge in [0.15, 0.2) is 0 Å². The largest absolute Gasteiger partial charge is 0.455 e. The van der Waals surface area contributed by atoms with Gasteiger partial charge in [-0.2, -0.15) is 0 Å². The van der Waals surface area contributed by atoms with E-state index in [-0.39, 0.29) is 45.0 Å². The van der Waals surface area contributed by atoms with Crippen LogP contribution >= 0.6 is 15.9 Å². The minimum Gasteiger partial charge on any atom is -0.455 e. The van der Waals surface area contributed by atoms with Crippen molar-refractivity contribution < 1.29 is 38.5 Å². The third kappa shape index (κ3) is 8.21. The van der Waals surface area contributed by atoms with E-state index < -0.39 is 77.0 Å². The number of nitrogens with zero attached hydrogens (tertiary/aromatic N) is 5. The number of aliphatic hydroxyl groups excluding tert-OH is 1. The number of aromatic nitrogens is 3. The number of hydrogen-bond donors (Lipinski definition) is 2. The summed E-state index contributed by atoms with van der Waals surface area (Å²) in [5.74, 6) is -4.21. The number of amides is 3. The summed E-state index contributed by atoms with van der Waals surface area (Å²) in [6, 6.07) is 22.9. The molecule has 3 fully saturated rings. The van der Waals surface area contributed by atoms with Crippen LogP contribution in [0.5, 0.6) is 0 Å². The second kappa shape index (κ2) is 18.4. The molecule has 1 spiro atoms. The van der Waals surface area contributed by atoms with Crippen molar-refractivity contribution in [2.24, 2.45) is 11.8 Å². The number of benzene rings is 3. The van der Waals surface area contributed by atoms with E-state index >= 15 is 9.59 Å². The van der Waals surface area contributed by atoms with Crippen LogP contribution in [0.25, 0.3) is 11.0 Å². The molecule has 1 unspecified atom stereocenters. The molecule has 0 aliphatic carbocycles. The Balaban J connectivity index is 1.27. The van der Waals surface area contributed by atoms with Gasteiger partial charge in [0.2, 0.25) is 17.7 Å². The zero-order valence-electron chi connectivity index (χ0n) is 32.8. The first-order chi connectivity index (χ1) is 28.6. The molecule has 3 saturated heterocycles. The normalized spacial score (nSPS) is 24.6. The smallest absolute Gasteiger partial charge is 0.313 e. The Morgan fingerprint density at radius 1 is 1.07 bits per heavy atom. The van der Waals surface area contributed by atoms with Gasteiger partial charge in [-0.25, -0.2) is 4.68 Å². The monoisotopic (exact) mass is 868 g/mol. The van der Waals surface area contributed by atoms with E-state index in [0.717, 1.165) is 5.56 Å². The van der Waals surface area contributed by atoms with Gasteiger partial charge in [0.1, 0.15) is 29.9 Å². The number of para-hydroxylation sites is 1.